The minimum absolute atomic E-state index is 0.243. The average Bonchev–Trinajstić information content (AvgIpc) is 3.11. The van der Waals surface area contributed by atoms with Crippen LogP contribution < -0.4 is 0 Å². The third-order valence-electron chi connectivity index (χ3n) is 3.46. The Kier molecular flexibility index (Phi) is 3.19. The van der Waals surface area contributed by atoms with Gasteiger partial charge in [-0.25, -0.2) is 0 Å². The number of carbonyl (C=O) groups is 1. The number of nitrogens with one attached hydrogen (secondary N) is 1. The number of H-pyrrole nitrogens is 1. The number of hydrogen-bond acceptors (Lipinski definition) is 2. The van der Waals surface area contributed by atoms with Gasteiger partial charge in [-0.3, -0.25) is 4.79 Å². The molecule has 0 radical (unpaired) electrons. The van der Waals surface area contributed by atoms with Gasteiger partial charge in [-0.05, 0) is 36.4 Å². The first-order valence-electron chi connectivity index (χ1n) is 6.30. The minimum atomic E-state index is 0.243. The highest BCUT2D eigenvalue weighted by Crippen LogP contribution is 2.31. The van der Waals surface area contributed by atoms with Crippen molar-refractivity contribution in [2.75, 3.05) is 6.54 Å². The summed E-state index contributed by atoms with van der Waals surface area (Å²) < 4.78 is 0. The van der Waals surface area contributed by atoms with Crippen molar-refractivity contribution in [1.29, 1.82) is 0 Å². The van der Waals surface area contributed by atoms with Crippen LogP contribution in [-0.4, -0.2) is 22.3 Å². The van der Waals surface area contributed by atoms with E-state index in [4.69, 9.17) is 0 Å². The number of aromatic amines is 1. The molecule has 0 bridgehead atoms. The van der Waals surface area contributed by atoms with Crippen molar-refractivity contribution in [3.63, 3.8) is 0 Å². The zero-order valence-electron chi connectivity index (χ0n) is 10.1. The van der Waals surface area contributed by atoms with Crippen LogP contribution in [0.15, 0.2) is 35.8 Å². The molecule has 94 valence electrons. The van der Waals surface area contributed by atoms with E-state index in [0.29, 0.717) is 6.42 Å². The molecule has 1 N–H and O–H groups in total. The van der Waals surface area contributed by atoms with Gasteiger partial charge in [-0.2, -0.15) is 0 Å². The van der Waals surface area contributed by atoms with Crippen LogP contribution >= 0.6 is 11.3 Å². The van der Waals surface area contributed by atoms with Crippen LogP contribution in [0.5, 0.6) is 0 Å². The molecule has 1 unspecified atom stereocenters. The van der Waals surface area contributed by atoms with Crippen molar-refractivity contribution < 1.29 is 4.79 Å². The van der Waals surface area contributed by atoms with Crippen LogP contribution in [0.3, 0.4) is 0 Å². The second-order valence-electron chi connectivity index (χ2n) is 4.63. The van der Waals surface area contributed by atoms with E-state index in [-0.39, 0.29) is 11.9 Å². The first-order chi connectivity index (χ1) is 8.84. The molecule has 0 aliphatic carbocycles. The summed E-state index contributed by atoms with van der Waals surface area (Å²) in [5.74, 6) is 0.245. The average molecular weight is 260 g/mol. The van der Waals surface area contributed by atoms with Crippen LogP contribution in [-0.2, 0) is 11.2 Å². The summed E-state index contributed by atoms with van der Waals surface area (Å²) in [5.41, 5.74) is 1.16. The highest BCUT2D eigenvalue weighted by molar-refractivity contribution is 7.10. The number of hydrogen-bond donors (Lipinski definition) is 1. The molecule has 1 amide bonds. The lowest BCUT2D eigenvalue weighted by Crippen LogP contribution is -2.31. The molecule has 0 aromatic carbocycles. The first kappa shape index (κ1) is 11.5. The highest BCUT2D eigenvalue weighted by Gasteiger charge is 2.30. The summed E-state index contributed by atoms with van der Waals surface area (Å²) in [6.45, 7) is 0.883. The Morgan fingerprint density at radius 1 is 1.44 bits per heavy atom. The highest BCUT2D eigenvalue weighted by atomic mass is 32.1. The molecule has 1 atom stereocenters. The van der Waals surface area contributed by atoms with Crippen molar-refractivity contribution in [2.24, 2.45) is 0 Å². The van der Waals surface area contributed by atoms with E-state index in [1.807, 2.05) is 34.7 Å². The van der Waals surface area contributed by atoms with Crippen LogP contribution in [0.1, 0.15) is 29.5 Å². The van der Waals surface area contributed by atoms with Gasteiger partial charge in [0.05, 0.1) is 12.5 Å². The molecule has 3 rings (SSSR count). The molecule has 3 nitrogen and oxygen atoms in total. The van der Waals surface area contributed by atoms with Crippen LogP contribution in [0.4, 0.5) is 0 Å². The lowest BCUT2D eigenvalue weighted by Gasteiger charge is -2.23. The zero-order valence-corrected chi connectivity index (χ0v) is 11.0. The van der Waals surface area contributed by atoms with Crippen LogP contribution in [0, 0.1) is 0 Å². The van der Waals surface area contributed by atoms with Gasteiger partial charge in [0.15, 0.2) is 0 Å². The normalized spacial score (nSPS) is 19.3. The number of rotatable bonds is 3. The fourth-order valence-electron chi connectivity index (χ4n) is 2.60. The summed E-state index contributed by atoms with van der Waals surface area (Å²) in [6, 6.07) is 8.34. The Morgan fingerprint density at radius 2 is 2.39 bits per heavy atom. The number of thiophene rings is 1. The zero-order chi connectivity index (χ0) is 12.4. The number of likely N-dealkylation sites (tertiary alicyclic amines) is 1. The fourth-order valence-corrected chi connectivity index (χ4v) is 3.30. The molecule has 1 saturated heterocycles. The first-order valence-corrected chi connectivity index (χ1v) is 7.18. The van der Waals surface area contributed by atoms with Gasteiger partial charge in [0.25, 0.3) is 0 Å². The SMILES string of the molecule is O=C(Cc1cccs1)N1CCCC1c1ccc[nH]1. The molecule has 0 spiro atoms. The maximum absolute atomic E-state index is 12.3. The number of aromatic nitrogens is 1. The molecule has 1 aliphatic heterocycles. The number of amides is 1. The maximum Gasteiger partial charge on any atom is 0.228 e. The minimum Gasteiger partial charge on any atom is -0.363 e. The Hall–Kier alpha value is -1.55. The van der Waals surface area contributed by atoms with Gasteiger partial charge in [-0.1, -0.05) is 6.07 Å². The van der Waals surface area contributed by atoms with Gasteiger partial charge in [0.1, 0.15) is 0 Å². The Morgan fingerprint density at radius 3 is 3.11 bits per heavy atom. The van der Waals surface area contributed by atoms with E-state index in [9.17, 15) is 4.79 Å². The smallest absolute Gasteiger partial charge is 0.228 e. The van der Waals surface area contributed by atoms with E-state index >= 15 is 0 Å². The largest absolute Gasteiger partial charge is 0.363 e. The Bertz CT molecular complexity index is 504. The molecule has 2 aromatic rings. The van der Waals surface area contributed by atoms with Gasteiger partial charge in [0.2, 0.25) is 5.91 Å². The third-order valence-corrected chi connectivity index (χ3v) is 4.34. The van der Waals surface area contributed by atoms with Crippen molar-refractivity contribution in [3.05, 3.63) is 46.4 Å². The van der Waals surface area contributed by atoms with Gasteiger partial charge in [0, 0.05) is 23.3 Å². The van der Waals surface area contributed by atoms with Gasteiger partial charge in [-0.15, -0.1) is 11.3 Å². The van der Waals surface area contributed by atoms with Crippen molar-refractivity contribution in [3.8, 4) is 0 Å². The maximum atomic E-state index is 12.3. The fraction of sp³-hybridized carbons (Fsp3) is 0.357. The number of nitrogens with zero attached hydrogens (tertiary/aromatic N) is 1. The van der Waals surface area contributed by atoms with E-state index < -0.39 is 0 Å². The van der Waals surface area contributed by atoms with Crippen molar-refractivity contribution in [1.82, 2.24) is 9.88 Å². The van der Waals surface area contributed by atoms with Crippen LogP contribution in [0.2, 0.25) is 0 Å². The van der Waals surface area contributed by atoms with Crippen molar-refractivity contribution in [2.45, 2.75) is 25.3 Å². The lowest BCUT2D eigenvalue weighted by atomic mass is 10.1. The van der Waals surface area contributed by atoms with Gasteiger partial charge >= 0.3 is 0 Å². The second kappa shape index (κ2) is 4.98. The Balaban J connectivity index is 1.73. The Labute approximate surface area is 110 Å². The molecule has 0 saturated carbocycles. The molecule has 4 heteroatoms. The summed E-state index contributed by atoms with van der Waals surface area (Å²) in [6.07, 6.45) is 4.63. The standard InChI is InChI=1S/C14H16N2OS/c17-14(10-11-4-3-9-18-11)16-8-2-6-13(16)12-5-1-7-15-12/h1,3-5,7,9,13,15H,2,6,8,10H2. The quantitative estimate of drug-likeness (QED) is 0.905. The summed E-state index contributed by atoms with van der Waals surface area (Å²) in [4.78, 5) is 18.7. The molecule has 3 heterocycles. The molecular weight excluding hydrogens is 244 g/mol. The van der Waals surface area contributed by atoms with E-state index in [1.165, 1.54) is 0 Å². The third kappa shape index (κ3) is 2.20. The molecule has 18 heavy (non-hydrogen) atoms. The second-order valence-corrected chi connectivity index (χ2v) is 5.66. The predicted octanol–water partition coefficient (Wildman–Crippen LogP) is 2.98. The van der Waals surface area contributed by atoms with Gasteiger partial charge < -0.3 is 9.88 Å². The van der Waals surface area contributed by atoms with Crippen molar-refractivity contribution >= 4 is 17.2 Å². The lowest BCUT2D eigenvalue weighted by molar-refractivity contribution is -0.131. The molecule has 1 fully saturated rings. The molecular formula is C14H16N2OS. The summed E-state index contributed by atoms with van der Waals surface area (Å²) in [5, 5.41) is 2.02. The predicted molar refractivity (Wildman–Crippen MR) is 72.5 cm³/mol. The monoisotopic (exact) mass is 260 g/mol. The molecule has 2 aromatic heterocycles. The summed E-state index contributed by atoms with van der Waals surface area (Å²) >= 11 is 1.65. The molecule has 1 aliphatic rings. The number of carbonyl (C=O) groups excluding carboxylic acids is 1. The van der Waals surface area contributed by atoms with Crippen LogP contribution in [0.25, 0.3) is 0 Å². The van der Waals surface area contributed by atoms with E-state index in [0.717, 1.165) is 30.0 Å². The summed E-state index contributed by atoms with van der Waals surface area (Å²) in [7, 11) is 0. The van der Waals surface area contributed by atoms with E-state index in [2.05, 4.69) is 11.1 Å². The topological polar surface area (TPSA) is 36.1 Å². The van der Waals surface area contributed by atoms with E-state index in [1.54, 1.807) is 11.3 Å².